The highest BCUT2D eigenvalue weighted by Crippen LogP contribution is 2.24. The van der Waals surface area contributed by atoms with Gasteiger partial charge in [0.2, 0.25) is 6.41 Å². The van der Waals surface area contributed by atoms with Crippen molar-refractivity contribution in [2.45, 2.75) is 6.61 Å². The fraction of sp³-hybridized carbons (Fsp3) is 0.222. The number of ether oxygens (including phenoxy) is 1. The first-order chi connectivity index (χ1) is 6.31. The van der Waals surface area contributed by atoms with E-state index in [1.165, 1.54) is 7.11 Å². The van der Waals surface area contributed by atoms with Crippen LogP contribution in [-0.4, -0.2) is 13.5 Å². The van der Waals surface area contributed by atoms with Gasteiger partial charge in [0.05, 0.1) is 12.8 Å². The fourth-order valence-electron chi connectivity index (χ4n) is 1.01. The molecular formula is C9H10NO3. The minimum Gasteiger partial charge on any atom is -0.495 e. The second kappa shape index (κ2) is 4.47. The third kappa shape index (κ3) is 2.19. The third-order valence-corrected chi connectivity index (χ3v) is 1.65. The van der Waals surface area contributed by atoms with Crippen molar-refractivity contribution in [3.8, 4) is 5.75 Å². The monoisotopic (exact) mass is 180 g/mol. The van der Waals surface area contributed by atoms with Crippen LogP contribution in [0.2, 0.25) is 0 Å². The Balaban J connectivity index is 3.00. The minimum atomic E-state index is -0.294. The van der Waals surface area contributed by atoms with E-state index in [9.17, 15) is 9.90 Å². The van der Waals surface area contributed by atoms with Crippen LogP contribution in [0.5, 0.6) is 5.75 Å². The number of anilines is 1. The molecule has 4 heteroatoms. The van der Waals surface area contributed by atoms with Crippen molar-refractivity contribution < 1.29 is 14.6 Å². The van der Waals surface area contributed by atoms with Crippen molar-refractivity contribution in [3.63, 3.8) is 0 Å². The van der Waals surface area contributed by atoms with E-state index >= 15 is 0 Å². The van der Waals surface area contributed by atoms with Crippen LogP contribution in [0.4, 0.5) is 5.69 Å². The zero-order valence-electron chi connectivity index (χ0n) is 7.24. The average molecular weight is 180 g/mol. The molecule has 0 saturated carbocycles. The summed E-state index contributed by atoms with van der Waals surface area (Å²) in [7, 11) is 1.49. The molecule has 0 aromatic heterocycles. The number of carbonyl (C=O) groups is 1. The van der Waals surface area contributed by atoms with Crippen molar-refractivity contribution in [3.05, 3.63) is 23.8 Å². The first kappa shape index (κ1) is 9.54. The average Bonchev–Trinajstić information content (AvgIpc) is 2.19. The summed E-state index contributed by atoms with van der Waals surface area (Å²) in [5.41, 5.74) is 1.20. The van der Waals surface area contributed by atoms with Crippen LogP contribution in [0.25, 0.3) is 0 Å². The van der Waals surface area contributed by atoms with E-state index in [1.54, 1.807) is 18.2 Å². The lowest BCUT2D eigenvalue weighted by Gasteiger charge is -2.07. The van der Waals surface area contributed by atoms with Gasteiger partial charge in [-0.3, -0.25) is 4.79 Å². The summed E-state index contributed by atoms with van der Waals surface area (Å²) in [6.45, 7) is -0.294. The molecule has 1 N–H and O–H groups in total. The third-order valence-electron chi connectivity index (χ3n) is 1.65. The van der Waals surface area contributed by atoms with E-state index in [4.69, 9.17) is 4.74 Å². The van der Waals surface area contributed by atoms with Gasteiger partial charge in [-0.2, -0.15) is 0 Å². The maximum absolute atomic E-state index is 10.5. The zero-order valence-corrected chi connectivity index (χ0v) is 7.24. The summed E-state index contributed by atoms with van der Waals surface area (Å²) in [4.78, 5) is 10.2. The van der Waals surface area contributed by atoms with Crippen molar-refractivity contribution in [1.82, 2.24) is 0 Å². The van der Waals surface area contributed by atoms with Gasteiger partial charge in [0, 0.05) is 0 Å². The molecule has 1 aromatic rings. The van der Waals surface area contributed by atoms with Crippen LogP contribution < -0.4 is 10.1 Å². The molecule has 0 aliphatic rings. The molecule has 0 fully saturated rings. The summed E-state index contributed by atoms with van der Waals surface area (Å²) in [5, 5.41) is 13.0. The summed E-state index contributed by atoms with van der Waals surface area (Å²) < 4.78 is 4.98. The number of nitrogens with one attached hydrogen (secondary N) is 1. The van der Waals surface area contributed by atoms with Gasteiger partial charge in [0.15, 0.2) is 0 Å². The standard InChI is InChI=1S/C9H10NO3/c1-13-9-4-7(5-11)2-3-8(9)10-6-12/h2-4,6H,5H2,1H3,(H,10,12). The Morgan fingerprint density at radius 1 is 1.54 bits per heavy atom. The number of carbonyl (C=O) groups excluding carboxylic acids is 1. The molecule has 4 nitrogen and oxygen atoms in total. The summed E-state index contributed by atoms with van der Waals surface area (Å²) in [6, 6.07) is 4.90. The predicted molar refractivity (Wildman–Crippen MR) is 47.1 cm³/mol. The molecule has 13 heavy (non-hydrogen) atoms. The van der Waals surface area contributed by atoms with Crippen LogP contribution in [0.15, 0.2) is 18.2 Å². The summed E-state index contributed by atoms with van der Waals surface area (Å²) >= 11 is 0. The van der Waals surface area contributed by atoms with Gasteiger partial charge in [-0.05, 0) is 17.7 Å². The highest BCUT2D eigenvalue weighted by molar-refractivity contribution is 5.75. The van der Waals surface area contributed by atoms with E-state index in [0.29, 0.717) is 23.4 Å². The molecule has 0 heterocycles. The Morgan fingerprint density at radius 2 is 2.31 bits per heavy atom. The van der Waals surface area contributed by atoms with Gasteiger partial charge >= 0.3 is 0 Å². The highest BCUT2D eigenvalue weighted by atomic mass is 16.5. The molecule has 1 amide bonds. The molecular weight excluding hydrogens is 170 g/mol. The largest absolute Gasteiger partial charge is 0.495 e. The van der Waals surface area contributed by atoms with Crippen LogP contribution in [0, 0.1) is 0 Å². The minimum absolute atomic E-state index is 0.294. The Kier molecular flexibility index (Phi) is 3.28. The molecule has 69 valence electrons. The van der Waals surface area contributed by atoms with E-state index in [1.807, 2.05) is 0 Å². The lowest BCUT2D eigenvalue weighted by molar-refractivity contribution is -0.105. The molecule has 0 atom stereocenters. The van der Waals surface area contributed by atoms with E-state index < -0.39 is 0 Å². The molecule has 0 unspecified atom stereocenters. The molecule has 0 aliphatic heterocycles. The fourth-order valence-corrected chi connectivity index (χ4v) is 1.01. The molecule has 0 spiro atoms. The number of methoxy groups -OCH3 is 1. The smallest absolute Gasteiger partial charge is 0.211 e. The van der Waals surface area contributed by atoms with E-state index in [2.05, 4.69) is 5.32 Å². The highest BCUT2D eigenvalue weighted by Gasteiger charge is 2.02. The molecule has 1 aromatic carbocycles. The zero-order chi connectivity index (χ0) is 9.68. The quantitative estimate of drug-likeness (QED) is 0.707. The molecule has 0 aliphatic carbocycles. The summed E-state index contributed by atoms with van der Waals surface area (Å²) in [5.74, 6) is 0.500. The maximum Gasteiger partial charge on any atom is 0.211 e. The molecule has 0 bridgehead atoms. The Morgan fingerprint density at radius 3 is 2.85 bits per heavy atom. The van der Waals surface area contributed by atoms with Gasteiger partial charge < -0.3 is 10.1 Å². The molecule has 0 saturated heterocycles. The first-order valence-electron chi connectivity index (χ1n) is 3.77. The lowest BCUT2D eigenvalue weighted by atomic mass is 10.2. The normalized spacial score (nSPS) is 9.38. The van der Waals surface area contributed by atoms with Crippen LogP contribution in [0.3, 0.4) is 0 Å². The Hall–Kier alpha value is -1.55. The van der Waals surface area contributed by atoms with E-state index in [-0.39, 0.29) is 6.61 Å². The predicted octanol–water partition coefficient (Wildman–Crippen LogP) is 1.19. The second-order valence-corrected chi connectivity index (χ2v) is 2.44. The number of rotatable bonds is 4. The van der Waals surface area contributed by atoms with Gasteiger partial charge in [0.1, 0.15) is 12.4 Å². The topological polar surface area (TPSA) is 58.2 Å². The number of hydrogen-bond acceptors (Lipinski definition) is 2. The number of benzene rings is 1. The van der Waals surface area contributed by atoms with Gasteiger partial charge in [-0.25, -0.2) is 5.11 Å². The first-order valence-corrected chi connectivity index (χ1v) is 3.77. The van der Waals surface area contributed by atoms with Crippen molar-refractivity contribution in [1.29, 1.82) is 0 Å². The molecule has 1 radical (unpaired) electrons. The van der Waals surface area contributed by atoms with Crippen LogP contribution in [-0.2, 0) is 16.5 Å². The van der Waals surface area contributed by atoms with Gasteiger partial charge in [-0.15, -0.1) is 0 Å². The Bertz CT molecular complexity index is 299. The summed E-state index contributed by atoms with van der Waals surface area (Å²) in [6.07, 6.45) is 0.564. The number of amides is 1. The van der Waals surface area contributed by atoms with Crippen molar-refractivity contribution in [2.24, 2.45) is 0 Å². The number of hydrogen-bond donors (Lipinski definition) is 1. The van der Waals surface area contributed by atoms with Crippen LogP contribution >= 0.6 is 0 Å². The van der Waals surface area contributed by atoms with Crippen molar-refractivity contribution >= 4 is 12.1 Å². The second-order valence-electron chi connectivity index (χ2n) is 2.44. The molecule has 1 rings (SSSR count). The van der Waals surface area contributed by atoms with Gasteiger partial charge in [-0.1, -0.05) is 6.07 Å². The van der Waals surface area contributed by atoms with E-state index in [0.717, 1.165) is 0 Å². The van der Waals surface area contributed by atoms with Crippen molar-refractivity contribution in [2.75, 3.05) is 12.4 Å². The SMILES string of the molecule is COc1cc(C[O])ccc1NC=O. The Labute approximate surface area is 76.1 Å². The van der Waals surface area contributed by atoms with Gasteiger partial charge in [0.25, 0.3) is 0 Å². The lowest BCUT2D eigenvalue weighted by Crippen LogP contribution is -1.98. The maximum atomic E-state index is 10.5. The van der Waals surface area contributed by atoms with Crippen LogP contribution in [0.1, 0.15) is 5.56 Å².